The highest BCUT2D eigenvalue weighted by molar-refractivity contribution is 5.99. The summed E-state index contributed by atoms with van der Waals surface area (Å²) < 4.78 is 20.0. The number of hydrogen-bond acceptors (Lipinski definition) is 7. The maximum absolute atomic E-state index is 14.7. The van der Waals surface area contributed by atoms with E-state index >= 15 is 0 Å². The van der Waals surface area contributed by atoms with Crippen LogP contribution in [0.15, 0.2) is 48.5 Å². The second kappa shape index (κ2) is 10.0. The number of nitriles is 1. The monoisotopic (exact) mass is 448 g/mol. The molecule has 33 heavy (non-hydrogen) atoms. The van der Waals surface area contributed by atoms with E-state index in [9.17, 15) is 14.4 Å². The zero-order valence-electron chi connectivity index (χ0n) is 17.6. The number of aliphatic hydroxyl groups excluding tert-OH is 1. The predicted molar refractivity (Wildman–Crippen MR) is 120 cm³/mol. The maximum atomic E-state index is 14.7. The molecule has 0 atom stereocenters. The van der Waals surface area contributed by atoms with Crippen molar-refractivity contribution < 1.29 is 19.0 Å². The molecule has 0 radical (unpaired) electrons. The lowest BCUT2D eigenvalue weighted by molar-refractivity contribution is 0.122. The number of nitrogens with one attached hydrogen (secondary N) is 2. The third-order valence-electron chi connectivity index (χ3n) is 5.05. The Labute approximate surface area is 189 Å². The smallest absolute Gasteiger partial charge is 0.323 e. The zero-order valence-corrected chi connectivity index (χ0v) is 17.6. The van der Waals surface area contributed by atoms with Gasteiger partial charge in [-0.15, -0.1) is 0 Å². The molecular weight excluding hydrogens is 427 g/mol. The third-order valence-corrected chi connectivity index (χ3v) is 5.05. The number of amides is 2. The Hall–Kier alpha value is -4.07. The summed E-state index contributed by atoms with van der Waals surface area (Å²) in [7, 11) is 0. The fraction of sp³-hybridized carbons (Fsp3) is 0.217. The van der Waals surface area contributed by atoms with Crippen molar-refractivity contribution >= 4 is 23.2 Å². The molecular formula is C23H21FN6O3. The Morgan fingerprint density at radius 3 is 2.24 bits per heavy atom. The number of anilines is 3. The van der Waals surface area contributed by atoms with Crippen molar-refractivity contribution in [2.24, 2.45) is 0 Å². The lowest BCUT2D eigenvalue weighted by Crippen LogP contribution is -2.37. The van der Waals surface area contributed by atoms with Crippen LogP contribution in [0.2, 0.25) is 0 Å². The summed E-state index contributed by atoms with van der Waals surface area (Å²) in [5.74, 6) is -0.451. The van der Waals surface area contributed by atoms with Gasteiger partial charge in [0, 0.05) is 30.0 Å². The Bertz CT molecular complexity index is 1170. The van der Waals surface area contributed by atoms with Crippen LogP contribution in [0.25, 0.3) is 11.4 Å². The topological polar surface area (TPSA) is 123 Å². The first-order chi connectivity index (χ1) is 16.1. The third kappa shape index (κ3) is 5.23. The first kappa shape index (κ1) is 22.1. The summed E-state index contributed by atoms with van der Waals surface area (Å²) >= 11 is 0. The normalized spacial score (nSPS) is 13.3. The number of rotatable bonds is 5. The molecule has 10 heteroatoms. The SMILES string of the molecule is N#Cc1nc(-c2ccc(NC(=O)Nc3ccc(CO)cc3)cc2)nc(N2CCOCC2)c1F. The fourth-order valence-corrected chi connectivity index (χ4v) is 3.31. The van der Waals surface area contributed by atoms with Gasteiger partial charge in [0.25, 0.3) is 0 Å². The van der Waals surface area contributed by atoms with E-state index in [1.54, 1.807) is 59.5 Å². The summed E-state index contributed by atoms with van der Waals surface area (Å²) in [6.45, 7) is 1.78. The van der Waals surface area contributed by atoms with E-state index in [0.29, 0.717) is 43.2 Å². The molecule has 168 valence electrons. The number of ether oxygens (including phenoxy) is 1. The highest BCUT2D eigenvalue weighted by atomic mass is 19.1. The first-order valence-electron chi connectivity index (χ1n) is 10.3. The van der Waals surface area contributed by atoms with Gasteiger partial charge in [-0.05, 0) is 42.0 Å². The first-order valence-corrected chi connectivity index (χ1v) is 10.3. The number of urea groups is 1. The minimum atomic E-state index is -0.745. The Morgan fingerprint density at radius 1 is 1.06 bits per heavy atom. The Kier molecular flexibility index (Phi) is 6.73. The molecule has 2 amide bonds. The number of morpholine rings is 1. The van der Waals surface area contributed by atoms with Crippen molar-refractivity contribution in [3.63, 3.8) is 0 Å². The number of carbonyl (C=O) groups excluding carboxylic acids is 1. The van der Waals surface area contributed by atoms with Gasteiger partial charge in [-0.1, -0.05) is 12.1 Å². The lowest BCUT2D eigenvalue weighted by Gasteiger charge is -2.28. The number of aliphatic hydroxyl groups is 1. The van der Waals surface area contributed by atoms with E-state index in [0.717, 1.165) is 5.56 Å². The van der Waals surface area contributed by atoms with Gasteiger partial charge in [-0.2, -0.15) is 9.65 Å². The molecule has 1 aliphatic heterocycles. The van der Waals surface area contributed by atoms with E-state index in [4.69, 9.17) is 9.84 Å². The zero-order chi connectivity index (χ0) is 23.2. The largest absolute Gasteiger partial charge is 0.392 e. The lowest BCUT2D eigenvalue weighted by atomic mass is 10.2. The van der Waals surface area contributed by atoms with Gasteiger partial charge in [0.15, 0.2) is 17.3 Å². The number of halogens is 1. The number of carbonyl (C=O) groups is 1. The second-order valence-electron chi connectivity index (χ2n) is 7.26. The minimum absolute atomic E-state index is 0.0691. The molecule has 0 saturated carbocycles. The molecule has 3 N–H and O–H groups in total. The Balaban J connectivity index is 1.49. The molecule has 0 bridgehead atoms. The molecule has 1 aliphatic rings. The van der Waals surface area contributed by atoms with Crippen LogP contribution >= 0.6 is 0 Å². The van der Waals surface area contributed by atoms with Gasteiger partial charge in [-0.3, -0.25) is 0 Å². The van der Waals surface area contributed by atoms with Crippen molar-refractivity contribution in [1.29, 1.82) is 5.26 Å². The highest BCUT2D eigenvalue weighted by Gasteiger charge is 2.22. The molecule has 1 saturated heterocycles. The summed E-state index contributed by atoms with van der Waals surface area (Å²) in [4.78, 5) is 22.4. The van der Waals surface area contributed by atoms with Crippen LogP contribution in [-0.2, 0) is 11.3 Å². The van der Waals surface area contributed by atoms with Crippen molar-refractivity contribution in [2.45, 2.75) is 6.61 Å². The highest BCUT2D eigenvalue weighted by Crippen LogP contribution is 2.25. The van der Waals surface area contributed by atoms with E-state index in [1.807, 2.05) is 0 Å². The molecule has 1 fully saturated rings. The van der Waals surface area contributed by atoms with Gasteiger partial charge in [0.05, 0.1) is 19.8 Å². The molecule has 2 aromatic carbocycles. The average Bonchev–Trinajstić information content (AvgIpc) is 2.85. The van der Waals surface area contributed by atoms with Crippen LogP contribution in [0.4, 0.5) is 26.4 Å². The van der Waals surface area contributed by atoms with Crippen LogP contribution in [0, 0.1) is 17.1 Å². The molecule has 2 heterocycles. The van der Waals surface area contributed by atoms with Crippen molar-refractivity contribution in [1.82, 2.24) is 9.97 Å². The molecule has 3 aromatic rings. The van der Waals surface area contributed by atoms with E-state index in [2.05, 4.69) is 20.6 Å². The summed E-state index contributed by atoms with van der Waals surface area (Å²) in [6, 6.07) is 14.9. The number of aromatic nitrogens is 2. The summed E-state index contributed by atoms with van der Waals surface area (Å²) in [5.41, 5.74) is 2.11. The molecule has 4 rings (SSSR count). The van der Waals surface area contributed by atoms with Crippen LogP contribution in [0.5, 0.6) is 0 Å². The molecule has 0 aliphatic carbocycles. The van der Waals surface area contributed by atoms with E-state index in [-0.39, 0.29) is 23.9 Å². The van der Waals surface area contributed by atoms with E-state index in [1.165, 1.54) is 0 Å². The van der Waals surface area contributed by atoms with Crippen LogP contribution < -0.4 is 15.5 Å². The van der Waals surface area contributed by atoms with Crippen molar-refractivity contribution in [3.05, 3.63) is 65.6 Å². The van der Waals surface area contributed by atoms with Gasteiger partial charge < -0.3 is 25.4 Å². The fourth-order valence-electron chi connectivity index (χ4n) is 3.31. The maximum Gasteiger partial charge on any atom is 0.323 e. The van der Waals surface area contributed by atoms with Gasteiger partial charge in [0.2, 0.25) is 5.82 Å². The van der Waals surface area contributed by atoms with Gasteiger partial charge in [-0.25, -0.2) is 14.8 Å². The summed E-state index contributed by atoms with van der Waals surface area (Å²) in [5, 5.41) is 23.8. The van der Waals surface area contributed by atoms with Crippen LogP contribution in [0.3, 0.4) is 0 Å². The quantitative estimate of drug-likeness (QED) is 0.548. The summed E-state index contributed by atoms with van der Waals surface area (Å²) in [6.07, 6.45) is 0. The molecule has 1 aromatic heterocycles. The predicted octanol–water partition coefficient (Wildman–Crippen LogP) is 3.13. The van der Waals surface area contributed by atoms with Gasteiger partial charge >= 0.3 is 6.03 Å². The number of nitrogens with zero attached hydrogens (tertiary/aromatic N) is 4. The molecule has 9 nitrogen and oxygen atoms in total. The van der Waals surface area contributed by atoms with Gasteiger partial charge in [0.1, 0.15) is 6.07 Å². The van der Waals surface area contributed by atoms with Crippen molar-refractivity contribution in [3.8, 4) is 17.5 Å². The van der Waals surface area contributed by atoms with Crippen LogP contribution in [0.1, 0.15) is 11.3 Å². The minimum Gasteiger partial charge on any atom is -0.392 e. The molecule has 0 spiro atoms. The second-order valence-corrected chi connectivity index (χ2v) is 7.26. The van der Waals surface area contributed by atoms with E-state index < -0.39 is 11.8 Å². The number of hydrogen-bond donors (Lipinski definition) is 3. The van der Waals surface area contributed by atoms with Crippen LogP contribution in [-0.4, -0.2) is 47.4 Å². The average molecular weight is 448 g/mol. The molecule has 0 unspecified atom stereocenters. The van der Waals surface area contributed by atoms with Crippen molar-refractivity contribution in [2.75, 3.05) is 41.8 Å². The Morgan fingerprint density at radius 2 is 1.67 bits per heavy atom. The number of benzene rings is 2. The standard InChI is InChI=1S/C23H21FN6O3/c24-20-19(13-25)28-21(29-22(20)30-9-11-33-12-10-30)16-3-7-18(8-4-16)27-23(32)26-17-5-1-15(14-31)2-6-17/h1-8,31H,9-12,14H2,(H2,26,27,32).